The van der Waals surface area contributed by atoms with Crippen LogP contribution in [0.15, 0.2) is 88.9 Å². The summed E-state index contributed by atoms with van der Waals surface area (Å²) in [6.45, 7) is 7.10. The fourth-order valence-electron chi connectivity index (χ4n) is 5.40. The van der Waals surface area contributed by atoms with Gasteiger partial charge in [0.25, 0.3) is 0 Å². The van der Waals surface area contributed by atoms with Crippen LogP contribution >= 0.6 is 0 Å². The van der Waals surface area contributed by atoms with Gasteiger partial charge in [0, 0.05) is 35.0 Å². The number of benzene rings is 4. The molecule has 2 heterocycles. The molecule has 10 nitrogen and oxygen atoms in total. The summed E-state index contributed by atoms with van der Waals surface area (Å²) in [5.74, 6) is 2.72. The zero-order valence-electron chi connectivity index (χ0n) is 25.4. The summed E-state index contributed by atoms with van der Waals surface area (Å²) in [5.41, 5.74) is 8.87. The van der Waals surface area contributed by atoms with Crippen molar-refractivity contribution in [3.05, 3.63) is 107 Å². The lowest BCUT2D eigenvalue weighted by molar-refractivity contribution is 0.174. The Morgan fingerprint density at radius 3 is 2.56 bits per heavy atom. The minimum atomic E-state index is -3.81. The predicted molar refractivity (Wildman–Crippen MR) is 173 cm³/mol. The summed E-state index contributed by atoms with van der Waals surface area (Å²) in [6, 6.07) is 24.7. The van der Waals surface area contributed by atoms with E-state index in [1.54, 1.807) is 13.0 Å². The third-order valence-electron chi connectivity index (χ3n) is 7.58. The quantitative estimate of drug-likeness (QED) is 0.188. The number of sulfonamides is 1. The van der Waals surface area contributed by atoms with Gasteiger partial charge in [-0.1, -0.05) is 42.5 Å². The molecule has 0 aromatic heterocycles. The maximum absolute atomic E-state index is 13.5. The van der Waals surface area contributed by atoms with Gasteiger partial charge < -0.3 is 24.3 Å². The number of aryl methyl sites for hydroxylation is 1. The van der Waals surface area contributed by atoms with Crippen molar-refractivity contribution in [1.29, 1.82) is 0 Å². The smallest absolute Gasteiger partial charge is 0.240 e. The molecule has 0 radical (unpaired) electrons. The minimum Gasteiger partial charge on any atom is -0.490 e. The molecule has 0 saturated heterocycles. The normalized spacial score (nSPS) is 15.1. The second-order valence-corrected chi connectivity index (χ2v) is 12.3. The van der Waals surface area contributed by atoms with Crippen molar-refractivity contribution in [3.63, 3.8) is 0 Å². The van der Waals surface area contributed by atoms with Crippen LogP contribution in [-0.2, 0) is 16.4 Å². The number of nitrogens with zero attached hydrogens (tertiary/aromatic N) is 1. The van der Waals surface area contributed by atoms with E-state index in [-0.39, 0.29) is 24.4 Å². The van der Waals surface area contributed by atoms with E-state index in [4.69, 9.17) is 24.0 Å². The predicted octanol–water partition coefficient (Wildman–Crippen LogP) is 5.51. The molecule has 0 unspecified atom stereocenters. The van der Waals surface area contributed by atoms with E-state index in [0.29, 0.717) is 59.5 Å². The van der Waals surface area contributed by atoms with E-state index < -0.39 is 10.0 Å². The van der Waals surface area contributed by atoms with Gasteiger partial charge in [0.1, 0.15) is 6.17 Å². The molecular formula is C34H36N4O6S. The Labute approximate surface area is 263 Å². The highest BCUT2D eigenvalue weighted by molar-refractivity contribution is 7.89. The van der Waals surface area contributed by atoms with Crippen molar-refractivity contribution in [3.8, 4) is 23.0 Å². The molecule has 6 rings (SSSR count). The molecule has 0 aliphatic carbocycles. The highest BCUT2D eigenvalue weighted by Gasteiger charge is 2.26. The van der Waals surface area contributed by atoms with E-state index in [1.165, 1.54) is 0 Å². The van der Waals surface area contributed by atoms with Crippen LogP contribution in [0.3, 0.4) is 0 Å². The topological polar surface area (TPSA) is 120 Å². The highest BCUT2D eigenvalue weighted by Crippen LogP contribution is 2.36. The fourth-order valence-corrected chi connectivity index (χ4v) is 6.70. The van der Waals surface area contributed by atoms with Crippen LogP contribution in [0, 0.1) is 6.92 Å². The molecule has 0 saturated carbocycles. The molecule has 0 spiro atoms. The first-order chi connectivity index (χ1) is 21.9. The molecule has 0 amide bonds. The average molecular weight is 629 g/mol. The van der Waals surface area contributed by atoms with Gasteiger partial charge in [-0.25, -0.2) is 13.1 Å². The van der Waals surface area contributed by atoms with E-state index in [1.807, 2.05) is 86.6 Å². The Hall–Kier alpha value is -4.74. The molecule has 2 aliphatic rings. The molecule has 1 atom stereocenters. The average Bonchev–Trinajstić information content (AvgIpc) is 3.51. The fraction of sp³-hybridized carbons (Fsp3) is 0.265. The summed E-state index contributed by atoms with van der Waals surface area (Å²) >= 11 is 0. The lowest BCUT2D eigenvalue weighted by Crippen LogP contribution is -2.32. The SMILES string of the molecule is CCOc1ccc(CCNS(=O)(=O)c2cc(C3=NN[C@H](Nc4ccc5c(c4)OCO5)c4ccccc43)ccc2C)cc1OCC. The summed E-state index contributed by atoms with van der Waals surface area (Å²) in [5, 5.41) is 8.17. The third-order valence-corrected chi connectivity index (χ3v) is 9.18. The molecule has 4 aromatic rings. The number of rotatable bonds is 12. The van der Waals surface area contributed by atoms with Crippen LogP contribution in [0.5, 0.6) is 23.0 Å². The third kappa shape index (κ3) is 6.54. The van der Waals surface area contributed by atoms with Crippen LogP contribution in [0.25, 0.3) is 0 Å². The monoisotopic (exact) mass is 628 g/mol. The summed E-state index contributed by atoms with van der Waals surface area (Å²) in [7, 11) is -3.81. The lowest BCUT2D eigenvalue weighted by Gasteiger charge is -2.28. The number of fused-ring (bicyclic) bond motifs is 2. The largest absolute Gasteiger partial charge is 0.490 e. The maximum Gasteiger partial charge on any atom is 0.240 e. The summed E-state index contributed by atoms with van der Waals surface area (Å²) in [4.78, 5) is 0.211. The zero-order valence-corrected chi connectivity index (χ0v) is 26.2. The molecule has 45 heavy (non-hydrogen) atoms. The van der Waals surface area contributed by atoms with Gasteiger partial charge in [-0.05, 0) is 68.7 Å². The highest BCUT2D eigenvalue weighted by atomic mass is 32.2. The van der Waals surface area contributed by atoms with Crippen LogP contribution in [0.4, 0.5) is 5.69 Å². The number of anilines is 1. The summed E-state index contributed by atoms with van der Waals surface area (Å²) < 4.78 is 52.1. The van der Waals surface area contributed by atoms with Gasteiger partial charge in [-0.2, -0.15) is 5.10 Å². The first-order valence-electron chi connectivity index (χ1n) is 14.9. The number of nitrogens with one attached hydrogen (secondary N) is 3. The summed E-state index contributed by atoms with van der Waals surface area (Å²) in [6.07, 6.45) is 0.179. The molecule has 3 N–H and O–H groups in total. The first-order valence-corrected chi connectivity index (χ1v) is 16.4. The van der Waals surface area contributed by atoms with Crippen LogP contribution in [-0.4, -0.2) is 40.7 Å². The van der Waals surface area contributed by atoms with Crippen molar-refractivity contribution in [2.75, 3.05) is 31.9 Å². The molecule has 2 aliphatic heterocycles. The van der Waals surface area contributed by atoms with E-state index in [0.717, 1.165) is 22.4 Å². The van der Waals surface area contributed by atoms with Crippen LogP contribution < -0.4 is 34.4 Å². The Balaban J connectivity index is 1.19. The number of hydrazone groups is 1. The first kappa shape index (κ1) is 30.3. The van der Waals surface area contributed by atoms with Gasteiger partial charge in [0.15, 0.2) is 23.0 Å². The lowest BCUT2D eigenvalue weighted by atomic mass is 9.94. The molecule has 4 aromatic carbocycles. The van der Waals surface area contributed by atoms with Crippen molar-refractivity contribution >= 4 is 21.4 Å². The second-order valence-electron chi connectivity index (χ2n) is 10.6. The van der Waals surface area contributed by atoms with Gasteiger partial charge in [0.05, 0.1) is 23.8 Å². The molecule has 0 fully saturated rings. The maximum atomic E-state index is 13.5. The zero-order chi connectivity index (χ0) is 31.4. The molecule has 11 heteroatoms. The number of hydrogen-bond acceptors (Lipinski definition) is 9. The van der Waals surface area contributed by atoms with Crippen molar-refractivity contribution in [2.45, 2.75) is 38.3 Å². The Kier molecular flexibility index (Phi) is 8.81. The van der Waals surface area contributed by atoms with Gasteiger partial charge >= 0.3 is 0 Å². The number of hydrogen-bond donors (Lipinski definition) is 3. The standard InChI is InChI=1S/C34H36N4O6S/c1-4-41-28-14-11-23(18-30(28)42-5-2)16-17-35-45(39,40)32-19-24(12-10-22(32)3)33-26-8-6-7-9-27(26)34(38-37-33)36-25-13-15-29-31(20-25)44-21-43-29/h6-15,18-20,34-36,38H,4-5,16-17,21H2,1-3H3/t34-/m0/s1. The molecule has 0 bridgehead atoms. The van der Waals surface area contributed by atoms with Crippen LogP contribution in [0.1, 0.15) is 47.8 Å². The van der Waals surface area contributed by atoms with Gasteiger partial charge in [0.2, 0.25) is 16.8 Å². The van der Waals surface area contributed by atoms with Gasteiger partial charge in [-0.3, -0.25) is 5.43 Å². The van der Waals surface area contributed by atoms with Crippen molar-refractivity contribution < 1.29 is 27.4 Å². The second kappa shape index (κ2) is 13.1. The Morgan fingerprint density at radius 2 is 1.71 bits per heavy atom. The van der Waals surface area contributed by atoms with E-state index in [2.05, 4.69) is 15.5 Å². The minimum absolute atomic E-state index is 0.207. The molecule has 234 valence electrons. The van der Waals surface area contributed by atoms with Crippen LogP contribution in [0.2, 0.25) is 0 Å². The Bertz CT molecular complexity index is 1840. The molecular weight excluding hydrogens is 592 g/mol. The van der Waals surface area contributed by atoms with Crippen molar-refractivity contribution in [2.24, 2.45) is 5.10 Å². The van der Waals surface area contributed by atoms with Crippen molar-refractivity contribution in [1.82, 2.24) is 10.1 Å². The number of ether oxygens (including phenoxy) is 4. The Morgan fingerprint density at radius 1 is 0.911 bits per heavy atom. The van der Waals surface area contributed by atoms with E-state index in [9.17, 15) is 8.42 Å². The van der Waals surface area contributed by atoms with E-state index >= 15 is 0 Å². The van der Waals surface area contributed by atoms with Gasteiger partial charge in [-0.15, -0.1) is 0 Å².